The van der Waals surface area contributed by atoms with Gasteiger partial charge in [0.25, 0.3) is 5.91 Å². The van der Waals surface area contributed by atoms with Crippen LogP contribution >= 0.6 is 11.6 Å². The lowest BCUT2D eigenvalue weighted by molar-refractivity contribution is -0.137. The lowest BCUT2D eigenvalue weighted by Crippen LogP contribution is -2.44. The summed E-state index contributed by atoms with van der Waals surface area (Å²) in [5, 5.41) is 0.482. The minimum absolute atomic E-state index is 0.00323. The number of carbonyl (C=O) groups excluding carboxylic acids is 2. The minimum atomic E-state index is -0.270. The Morgan fingerprint density at radius 2 is 1.74 bits per heavy atom. The zero-order valence-corrected chi connectivity index (χ0v) is 18.3. The Labute approximate surface area is 186 Å². The summed E-state index contributed by atoms with van der Waals surface area (Å²) >= 11 is 6.07. The van der Waals surface area contributed by atoms with Crippen LogP contribution in [0.4, 0.5) is 4.39 Å². The standard InChI is InChI=1S/C24H26ClFN2O3/c1-31-22-9-6-18(25)15-20(22)24(30)27-13-10-17(11-14-27)23(29)28-12-2-3-21(28)16-4-7-19(26)8-5-16/h4-9,15,17,21H,2-3,10-14H2,1H3. The van der Waals surface area contributed by atoms with Crippen LogP contribution in [0.2, 0.25) is 5.02 Å². The summed E-state index contributed by atoms with van der Waals surface area (Å²) < 4.78 is 18.6. The third-order valence-electron chi connectivity index (χ3n) is 6.31. The molecule has 2 aromatic carbocycles. The lowest BCUT2D eigenvalue weighted by atomic mass is 9.93. The maximum Gasteiger partial charge on any atom is 0.257 e. The number of nitrogens with zero attached hydrogens (tertiary/aromatic N) is 2. The summed E-state index contributed by atoms with van der Waals surface area (Å²) in [7, 11) is 1.53. The van der Waals surface area contributed by atoms with Crippen molar-refractivity contribution in [2.24, 2.45) is 5.92 Å². The zero-order chi connectivity index (χ0) is 22.0. The third-order valence-corrected chi connectivity index (χ3v) is 6.55. The minimum Gasteiger partial charge on any atom is -0.496 e. The van der Waals surface area contributed by atoms with Crippen LogP contribution in [-0.4, -0.2) is 48.4 Å². The molecular weight excluding hydrogens is 419 g/mol. The van der Waals surface area contributed by atoms with Crippen LogP contribution in [0.25, 0.3) is 0 Å². The highest BCUT2D eigenvalue weighted by atomic mass is 35.5. The number of amides is 2. The average Bonchev–Trinajstić information content (AvgIpc) is 3.28. The second-order valence-electron chi connectivity index (χ2n) is 8.15. The maximum absolute atomic E-state index is 13.3. The normalized spacial score (nSPS) is 19.5. The molecule has 2 heterocycles. The average molecular weight is 445 g/mol. The van der Waals surface area contributed by atoms with Crippen molar-refractivity contribution < 1.29 is 18.7 Å². The Bertz CT molecular complexity index is 958. The van der Waals surface area contributed by atoms with E-state index < -0.39 is 0 Å². The molecule has 2 amide bonds. The van der Waals surface area contributed by atoms with Crippen LogP contribution < -0.4 is 4.74 Å². The molecule has 0 aromatic heterocycles. The van der Waals surface area contributed by atoms with Gasteiger partial charge in [-0.25, -0.2) is 4.39 Å². The number of carbonyl (C=O) groups is 2. The van der Waals surface area contributed by atoms with Gasteiger partial charge in [0.15, 0.2) is 0 Å². The van der Waals surface area contributed by atoms with Crippen molar-refractivity contribution in [3.63, 3.8) is 0 Å². The molecule has 7 heteroatoms. The fraction of sp³-hybridized carbons (Fsp3) is 0.417. The van der Waals surface area contributed by atoms with Gasteiger partial charge in [0.2, 0.25) is 5.91 Å². The van der Waals surface area contributed by atoms with Crippen molar-refractivity contribution in [3.8, 4) is 5.75 Å². The molecule has 5 nitrogen and oxygen atoms in total. The summed E-state index contributed by atoms with van der Waals surface area (Å²) in [5.74, 6) is 0.126. The van der Waals surface area contributed by atoms with Gasteiger partial charge in [-0.3, -0.25) is 9.59 Å². The fourth-order valence-corrected chi connectivity index (χ4v) is 4.82. The summed E-state index contributed by atoms with van der Waals surface area (Å²) in [5.41, 5.74) is 1.42. The van der Waals surface area contributed by atoms with Gasteiger partial charge in [0.05, 0.1) is 18.7 Å². The van der Waals surface area contributed by atoms with Crippen LogP contribution in [0.1, 0.15) is 47.6 Å². The smallest absolute Gasteiger partial charge is 0.257 e. The number of benzene rings is 2. The third kappa shape index (κ3) is 4.54. The predicted octanol–water partition coefficient (Wildman–Crippen LogP) is 4.70. The van der Waals surface area contributed by atoms with Crippen LogP contribution in [0.3, 0.4) is 0 Å². The highest BCUT2D eigenvalue weighted by Gasteiger charge is 2.36. The van der Waals surface area contributed by atoms with Crippen LogP contribution in [0.5, 0.6) is 5.75 Å². The molecule has 2 aromatic rings. The number of piperidine rings is 1. The number of rotatable bonds is 4. The van der Waals surface area contributed by atoms with Crippen molar-refractivity contribution in [2.45, 2.75) is 31.7 Å². The second kappa shape index (κ2) is 9.27. The van der Waals surface area contributed by atoms with E-state index in [1.54, 1.807) is 35.2 Å². The van der Waals surface area contributed by atoms with E-state index in [0.29, 0.717) is 42.3 Å². The summed E-state index contributed by atoms with van der Waals surface area (Å²) in [6, 6.07) is 11.4. The Morgan fingerprint density at radius 1 is 1.03 bits per heavy atom. The van der Waals surface area contributed by atoms with E-state index >= 15 is 0 Å². The van der Waals surface area contributed by atoms with Gasteiger partial charge in [-0.1, -0.05) is 23.7 Å². The highest BCUT2D eigenvalue weighted by molar-refractivity contribution is 6.31. The van der Waals surface area contributed by atoms with Gasteiger partial charge >= 0.3 is 0 Å². The number of halogens is 2. The maximum atomic E-state index is 13.3. The molecule has 31 heavy (non-hydrogen) atoms. The van der Waals surface area contributed by atoms with Crippen molar-refractivity contribution in [1.82, 2.24) is 9.80 Å². The van der Waals surface area contributed by atoms with Gasteiger partial charge in [0.1, 0.15) is 11.6 Å². The van der Waals surface area contributed by atoms with Crippen LogP contribution in [0, 0.1) is 11.7 Å². The van der Waals surface area contributed by atoms with Crippen molar-refractivity contribution in [1.29, 1.82) is 0 Å². The molecule has 1 unspecified atom stereocenters. The molecular formula is C24H26ClFN2O3. The van der Waals surface area contributed by atoms with Crippen molar-refractivity contribution in [2.75, 3.05) is 26.7 Å². The zero-order valence-electron chi connectivity index (χ0n) is 17.5. The molecule has 0 aliphatic carbocycles. The number of ether oxygens (including phenoxy) is 1. The monoisotopic (exact) mass is 444 g/mol. The van der Waals surface area contributed by atoms with E-state index in [1.807, 2.05) is 4.90 Å². The van der Waals surface area contributed by atoms with E-state index in [0.717, 1.165) is 24.9 Å². The molecule has 4 rings (SSSR count). The molecule has 0 bridgehead atoms. The van der Waals surface area contributed by atoms with Crippen LogP contribution in [0.15, 0.2) is 42.5 Å². The van der Waals surface area contributed by atoms with Gasteiger partial charge in [-0.15, -0.1) is 0 Å². The molecule has 0 radical (unpaired) electrons. The van der Waals surface area contributed by atoms with E-state index in [4.69, 9.17) is 16.3 Å². The van der Waals surface area contributed by atoms with Crippen LogP contribution in [-0.2, 0) is 4.79 Å². The van der Waals surface area contributed by atoms with Gasteiger partial charge in [-0.05, 0) is 61.6 Å². The SMILES string of the molecule is COc1ccc(Cl)cc1C(=O)N1CCC(C(=O)N2CCCC2c2ccc(F)cc2)CC1. The Balaban J connectivity index is 1.40. The molecule has 2 aliphatic rings. The van der Waals surface area contributed by atoms with Gasteiger partial charge in [-0.2, -0.15) is 0 Å². The van der Waals surface area contributed by atoms with E-state index in [-0.39, 0.29) is 29.6 Å². The topological polar surface area (TPSA) is 49.9 Å². The van der Waals surface area contributed by atoms with Crippen molar-refractivity contribution >= 4 is 23.4 Å². The first-order chi connectivity index (χ1) is 15.0. The first kappa shape index (κ1) is 21.6. The summed E-state index contributed by atoms with van der Waals surface area (Å²) in [4.78, 5) is 29.9. The summed E-state index contributed by atoms with van der Waals surface area (Å²) in [6.07, 6.45) is 3.09. The summed E-state index contributed by atoms with van der Waals surface area (Å²) in [6.45, 7) is 1.75. The number of methoxy groups -OCH3 is 1. The molecule has 2 fully saturated rings. The first-order valence-corrected chi connectivity index (χ1v) is 11.0. The largest absolute Gasteiger partial charge is 0.496 e. The molecule has 1 atom stereocenters. The Kier molecular flexibility index (Phi) is 6.46. The van der Waals surface area contributed by atoms with Crippen molar-refractivity contribution in [3.05, 3.63) is 64.4 Å². The Hall–Kier alpha value is -2.60. The molecule has 2 aliphatic heterocycles. The predicted molar refractivity (Wildman–Crippen MR) is 117 cm³/mol. The number of hydrogen-bond donors (Lipinski definition) is 0. The molecule has 0 N–H and O–H groups in total. The number of likely N-dealkylation sites (tertiary alicyclic amines) is 2. The molecule has 0 spiro atoms. The number of hydrogen-bond acceptors (Lipinski definition) is 3. The molecule has 164 valence electrons. The molecule has 2 saturated heterocycles. The fourth-order valence-electron chi connectivity index (χ4n) is 4.64. The second-order valence-corrected chi connectivity index (χ2v) is 8.59. The first-order valence-electron chi connectivity index (χ1n) is 10.7. The lowest BCUT2D eigenvalue weighted by Gasteiger charge is -2.35. The van der Waals surface area contributed by atoms with E-state index in [2.05, 4.69) is 0 Å². The van der Waals surface area contributed by atoms with Gasteiger partial charge < -0.3 is 14.5 Å². The van der Waals surface area contributed by atoms with E-state index in [1.165, 1.54) is 19.2 Å². The Morgan fingerprint density at radius 3 is 2.42 bits per heavy atom. The quantitative estimate of drug-likeness (QED) is 0.686. The highest BCUT2D eigenvalue weighted by Crippen LogP contribution is 2.35. The van der Waals surface area contributed by atoms with Gasteiger partial charge in [0, 0.05) is 30.6 Å². The molecule has 0 saturated carbocycles. The van der Waals surface area contributed by atoms with E-state index in [9.17, 15) is 14.0 Å².